The summed E-state index contributed by atoms with van der Waals surface area (Å²) in [6, 6.07) is 4.79. The Balaban J connectivity index is 2.37. The summed E-state index contributed by atoms with van der Waals surface area (Å²) in [5, 5.41) is 0.403. The predicted molar refractivity (Wildman–Crippen MR) is 88.9 cm³/mol. The fraction of sp³-hybridized carbons (Fsp3) is 0.625. The maximum absolute atomic E-state index is 13.0. The van der Waals surface area contributed by atoms with Gasteiger partial charge in [0.2, 0.25) is 10.0 Å². The summed E-state index contributed by atoms with van der Waals surface area (Å²) in [6.07, 6.45) is 1.88. The Labute approximate surface area is 138 Å². The number of benzene rings is 1. The Morgan fingerprint density at radius 2 is 1.91 bits per heavy atom. The van der Waals surface area contributed by atoms with Gasteiger partial charge in [0.15, 0.2) is 0 Å². The molecule has 0 radical (unpaired) electrons. The number of nitrogens with zero attached hydrogens (tertiary/aromatic N) is 1. The van der Waals surface area contributed by atoms with Crippen molar-refractivity contribution in [2.45, 2.75) is 38.5 Å². The molecule has 0 aromatic heterocycles. The fourth-order valence-corrected chi connectivity index (χ4v) is 5.03. The van der Waals surface area contributed by atoms with Crippen LogP contribution < -0.4 is 4.74 Å². The maximum Gasteiger partial charge on any atom is 0.246 e. The molecule has 0 N–H and O–H groups in total. The molecule has 1 aromatic carbocycles. The van der Waals surface area contributed by atoms with Gasteiger partial charge < -0.3 is 4.74 Å². The summed E-state index contributed by atoms with van der Waals surface area (Å²) in [7, 11) is -3.59. The van der Waals surface area contributed by atoms with Gasteiger partial charge in [-0.05, 0) is 42.9 Å². The van der Waals surface area contributed by atoms with Gasteiger partial charge in [0.1, 0.15) is 10.6 Å². The van der Waals surface area contributed by atoms with Gasteiger partial charge in [0.05, 0.1) is 6.61 Å². The van der Waals surface area contributed by atoms with E-state index in [4.69, 9.17) is 16.3 Å². The molecule has 1 fully saturated rings. The number of halogens is 1. The van der Waals surface area contributed by atoms with Crippen molar-refractivity contribution in [3.8, 4) is 5.75 Å². The first-order chi connectivity index (χ1) is 10.3. The van der Waals surface area contributed by atoms with E-state index in [1.165, 1.54) is 6.07 Å². The molecule has 1 saturated heterocycles. The molecule has 22 heavy (non-hydrogen) atoms. The van der Waals surface area contributed by atoms with E-state index in [2.05, 4.69) is 13.8 Å². The van der Waals surface area contributed by atoms with Crippen LogP contribution >= 0.6 is 11.6 Å². The van der Waals surface area contributed by atoms with Crippen LogP contribution in [0.2, 0.25) is 5.02 Å². The number of hydrogen-bond donors (Lipinski definition) is 0. The fourth-order valence-electron chi connectivity index (χ4n) is 2.96. The van der Waals surface area contributed by atoms with Gasteiger partial charge in [-0.2, -0.15) is 4.31 Å². The third kappa shape index (κ3) is 3.94. The van der Waals surface area contributed by atoms with E-state index >= 15 is 0 Å². The zero-order valence-corrected chi connectivity index (χ0v) is 15.0. The van der Waals surface area contributed by atoms with Crippen LogP contribution in [0.4, 0.5) is 0 Å². The Hall–Kier alpha value is -0.780. The maximum atomic E-state index is 13.0. The van der Waals surface area contributed by atoms with Crippen molar-refractivity contribution in [2.75, 3.05) is 19.7 Å². The molecular weight excluding hydrogens is 322 g/mol. The molecule has 0 amide bonds. The molecule has 1 aliphatic rings. The lowest BCUT2D eigenvalue weighted by Crippen LogP contribution is -2.42. The number of piperidine rings is 1. The second-order valence-corrected chi connectivity index (χ2v) is 8.55. The first-order valence-electron chi connectivity index (χ1n) is 7.77. The lowest BCUT2D eigenvalue weighted by Gasteiger charge is -2.34. The average molecular weight is 346 g/mol. The van der Waals surface area contributed by atoms with Gasteiger partial charge in [-0.1, -0.05) is 32.4 Å². The highest BCUT2D eigenvalue weighted by atomic mass is 35.5. The van der Waals surface area contributed by atoms with Gasteiger partial charge in [-0.25, -0.2) is 8.42 Å². The van der Waals surface area contributed by atoms with Crippen LogP contribution in [0.5, 0.6) is 5.75 Å². The Morgan fingerprint density at radius 1 is 1.27 bits per heavy atom. The Kier molecular flexibility index (Phi) is 5.75. The molecule has 4 nitrogen and oxygen atoms in total. The largest absolute Gasteiger partial charge is 0.492 e. The van der Waals surface area contributed by atoms with Crippen molar-refractivity contribution >= 4 is 21.6 Å². The number of hydrogen-bond acceptors (Lipinski definition) is 3. The van der Waals surface area contributed by atoms with Gasteiger partial charge in [-0.3, -0.25) is 0 Å². The van der Waals surface area contributed by atoms with Crippen molar-refractivity contribution in [1.82, 2.24) is 4.31 Å². The molecule has 6 heteroatoms. The third-order valence-electron chi connectivity index (χ3n) is 3.82. The molecule has 2 rings (SSSR count). The minimum Gasteiger partial charge on any atom is -0.492 e. The number of sulfonamides is 1. The quantitative estimate of drug-likeness (QED) is 0.815. The monoisotopic (exact) mass is 345 g/mol. The summed E-state index contributed by atoms with van der Waals surface area (Å²) in [4.78, 5) is 0.176. The molecule has 0 saturated carbocycles. The van der Waals surface area contributed by atoms with E-state index in [0.717, 1.165) is 12.8 Å². The molecule has 1 aliphatic heterocycles. The van der Waals surface area contributed by atoms with Crippen LogP contribution in [0.25, 0.3) is 0 Å². The highest BCUT2D eigenvalue weighted by Crippen LogP contribution is 2.33. The molecule has 1 aromatic rings. The van der Waals surface area contributed by atoms with Crippen molar-refractivity contribution in [1.29, 1.82) is 0 Å². The summed E-state index contributed by atoms with van der Waals surface area (Å²) >= 11 is 6.01. The van der Waals surface area contributed by atoms with E-state index in [-0.39, 0.29) is 4.90 Å². The Bertz CT molecular complexity index is 608. The van der Waals surface area contributed by atoms with Crippen LogP contribution in [-0.2, 0) is 10.0 Å². The van der Waals surface area contributed by atoms with Crippen molar-refractivity contribution < 1.29 is 13.2 Å². The van der Waals surface area contributed by atoms with Gasteiger partial charge in [0, 0.05) is 18.1 Å². The van der Waals surface area contributed by atoms with Crippen LogP contribution in [0.3, 0.4) is 0 Å². The minimum absolute atomic E-state index is 0.176. The lowest BCUT2D eigenvalue weighted by atomic mass is 9.94. The second kappa shape index (κ2) is 7.20. The number of ether oxygens (including phenoxy) is 1. The highest BCUT2D eigenvalue weighted by Gasteiger charge is 2.33. The molecule has 124 valence electrons. The smallest absolute Gasteiger partial charge is 0.246 e. The SMILES string of the molecule is CCCOc1ccc(Cl)cc1S(=O)(=O)N1C[C@H](C)C[C@H](C)C1. The molecule has 0 spiro atoms. The van der Waals surface area contributed by atoms with E-state index in [1.54, 1.807) is 16.4 Å². The van der Waals surface area contributed by atoms with Crippen molar-refractivity contribution in [3.63, 3.8) is 0 Å². The topological polar surface area (TPSA) is 46.6 Å². The van der Waals surface area contributed by atoms with E-state index in [1.807, 2.05) is 6.92 Å². The summed E-state index contributed by atoms with van der Waals surface area (Å²) in [6.45, 7) is 7.74. The third-order valence-corrected chi connectivity index (χ3v) is 5.91. The van der Waals surface area contributed by atoms with Crippen molar-refractivity contribution in [3.05, 3.63) is 23.2 Å². The molecule has 1 heterocycles. The second-order valence-electron chi connectivity index (χ2n) is 6.21. The van der Waals surface area contributed by atoms with Gasteiger partial charge >= 0.3 is 0 Å². The van der Waals surface area contributed by atoms with Gasteiger partial charge in [0.25, 0.3) is 0 Å². The minimum atomic E-state index is -3.59. The van der Waals surface area contributed by atoms with E-state index in [0.29, 0.717) is 42.3 Å². The molecule has 0 aliphatic carbocycles. The van der Waals surface area contributed by atoms with Crippen LogP contribution in [0.1, 0.15) is 33.6 Å². The van der Waals surface area contributed by atoms with Crippen LogP contribution in [0, 0.1) is 11.8 Å². The van der Waals surface area contributed by atoms with Crippen LogP contribution in [0.15, 0.2) is 23.1 Å². The summed E-state index contributed by atoms with van der Waals surface area (Å²) < 4.78 is 33.2. The Morgan fingerprint density at radius 3 is 2.50 bits per heavy atom. The normalized spacial score (nSPS) is 23.5. The first kappa shape index (κ1) is 17.6. The average Bonchev–Trinajstić information content (AvgIpc) is 2.45. The van der Waals surface area contributed by atoms with E-state index in [9.17, 15) is 8.42 Å². The molecule has 0 bridgehead atoms. The summed E-state index contributed by atoms with van der Waals surface area (Å²) in [5.41, 5.74) is 0. The highest BCUT2D eigenvalue weighted by molar-refractivity contribution is 7.89. The standard InChI is InChI=1S/C16H24ClNO3S/c1-4-7-21-15-6-5-14(17)9-16(15)22(19,20)18-10-12(2)8-13(3)11-18/h5-6,9,12-13H,4,7-8,10-11H2,1-3H3/t12-,13+. The lowest BCUT2D eigenvalue weighted by molar-refractivity contribution is 0.221. The first-order valence-corrected chi connectivity index (χ1v) is 9.59. The van der Waals surface area contributed by atoms with Crippen molar-refractivity contribution in [2.24, 2.45) is 11.8 Å². The molecule has 0 unspecified atom stereocenters. The zero-order valence-electron chi connectivity index (χ0n) is 13.4. The molecule has 2 atom stereocenters. The summed E-state index contributed by atoms with van der Waals surface area (Å²) in [5.74, 6) is 1.10. The van der Waals surface area contributed by atoms with Crippen LogP contribution in [-0.4, -0.2) is 32.4 Å². The predicted octanol–water partition coefficient (Wildman–Crippen LogP) is 3.80. The van der Waals surface area contributed by atoms with E-state index < -0.39 is 10.0 Å². The number of rotatable bonds is 5. The van der Waals surface area contributed by atoms with Gasteiger partial charge in [-0.15, -0.1) is 0 Å². The zero-order chi connectivity index (χ0) is 16.3. The molecular formula is C16H24ClNO3S.